The number of amides is 1. The van der Waals surface area contributed by atoms with Crippen LogP contribution in [-0.4, -0.2) is 36.7 Å². The monoisotopic (exact) mass is 276 g/mol. The van der Waals surface area contributed by atoms with Crippen molar-refractivity contribution in [2.75, 3.05) is 13.2 Å². The Hall–Kier alpha value is -0.320. The van der Waals surface area contributed by atoms with Gasteiger partial charge in [0, 0.05) is 12.6 Å². The van der Waals surface area contributed by atoms with Crippen molar-refractivity contribution in [2.45, 2.75) is 63.6 Å². The average Bonchev–Trinajstić information content (AvgIpc) is 2.78. The number of carbonyl (C=O) groups excluding carboxylic acids is 1. The summed E-state index contributed by atoms with van der Waals surface area (Å²) in [5, 5.41) is 6.58. The summed E-state index contributed by atoms with van der Waals surface area (Å²) in [4.78, 5) is 12.4. The Kier molecular flexibility index (Phi) is 5.89. The molecule has 3 unspecified atom stereocenters. The normalized spacial score (nSPS) is 35.9. The lowest BCUT2D eigenvalue weighted by Crippen LogP contribution is -2.56. The summed E-state index contributed by atoms with van der Waals surface area (Å²) >= 11 is 0. The predicted octanol–water partition coefficient (Wildman–Crippen LogP) is 1.62. The molecule has 0 aromatic carbocycles. The van der Waals surface area contributed by atoms with Gasteiger partial charge in [-0.25, -0.2) is 0 Å². The number of nitrogens with one attached hydrogen (secondary N) is 2. The molecule has 2 rings (SSSR count). The van der Waals surface area contributed by atoms with E-state index in [1.54, 1.807) is 0 Å². The third-order valence-corrected chi connectivity index (χ3v) is 4.10. The van der Waals surface area contributed by atoms with E-state index in [2.05, 4.69) is 24.5 Å². The maximum atomic E-state index is 12.4. The molecule has 2 N–H and O–H groups in total. The Morgan fingerprint density at radius 3 is 2.89 bits per heavy atom. The van der Waals surface area contributed by atoms with Gasteiger partial charge < -0.3 is 15.4 Å². The standard InChI is InChI=1S/C13H24N2O2.ClH/c1-3-13(6-4-7-14-13)12(16)15-11-5-8-17-10(2)9-11;/h10-11,14H,3-9H2,1-2H3,(H,15,16);1H. The molecule has 18 heavy (non-hydrogen) atoms. The molecule has 5 heteroatoms. The molecular weight excluding hydrogens is 252 g/mol. The van der Waals surface area contributed by atoms with Crippen molar-refractivity contribution < 1.29 is 9.53 Å². The molecule has 0 bridgehead atoms. The number of ether oxygens (including phenoxy) is 1. The fourth-order valence-corrected chi connectivity index (χ4v) is 2.92. The highest BCUT2D eigenvalue weighted by atomic mass is 35.5. The first-order valence-electron chi connectivity index (χ1n) is 6.84. The third kappa shape index (κ3) is 3.37. The van der Waals surface area contributed by atoms with Gasteiger partial charge in [-0.1, -0.05) is 6.92 Å². The highest BCUT2D eigenvalue weighted by molar-refractivity contribution is 5.86. The second-order valence-electron chi connectivity index (χ2n) is 5.34. The first-order valence-corrected chi connectivity index (χ1v) is 6.84. The second-order valence-corrected chi connectivity index (χ2v) is 5.34. The highest BCUT2D eigenvalue weighted by Crippen LogP contribution is 2.24. The molecule has 0 aromatic heterocycles. The summed E-state index contributed by atoms with van der Waals surface area (Å²) in [7, 11) is 0. The summed E-state index contributed by atoms with van der Waals surface area (Å²) in [6.07, 6.45) is 5.08. The van der Waals surface area contributed by atoms with Gasteiger partial charge in [0.05, 0.1) is 11.6 Å². The Bertz CT molecular complexity index is 280. The van der Waals surface area contributed by atoms with E-state index in [0.29, 0.717) is 0 Å². The van der Waals surface area contributed by atoms with Crippen LogP contribution >= 0.6 is 12.4 Å². The third-order valence-electron chi connectivity index (χ3n) is 4.10. The van der Waals surface area contributed by atoms with Gasteiger partial charge >= 0.3 is 0 Å². The van der Waals surface area contributed by atoms with Crippen LogP contribution in [-0.2, 0) is 9.53 Å². The van der Waals surface area contributed by atoms with E-state index in [1.807, 2.05) is 0 Å². The number of halogens is 1. The number of hydrogen-bond donors (Lipinski definition) is 2. The Morgan fingerprint density at radius 2 is 2.33 bits per heavy atom. The Labute approximate surface area is 116 Å². The largest absolute Gasteiger partial charge is 0.378 e. The van der Waals surface area contributed by atoms with Gasteiger partial charge in [0.25, 0.3) is 0 Å². The van der Waals surface area contributed by atoms with Gasteiger partial charge in [-0.2, -0.15) is 0 Å². The van der Waals surface area contributed by atoms with Crippen LogP contribution in [0.15, 0.2) is 0 Å². The Balaban J connectivity index is 0.00000162. The Morgan fingerprint density at radius 1 is 1.56 bits per heavy atom. The van der Waals surface area contributed by atoms with Gasteiger partial charge in [-0.15, -0.1) is 12.4 Å². The lowest BCUT2D eigenvalue weighted by Gasteiger charge is -2.33. The predicted molar refractivity (Wildman–Crippen MR) is 74.1 cm³/mol. The van der Waals surface area contributed by atoms with Crippen LogP contribution in [0.1, 0.15) is 46.0 Å². The minimum atomic E-state index is -0.304. The zero-order valence-corrected chi connectivity index (χ0v) is 12.1. The van der Waals surface area contributed by atoms with Crippen LogP contribution < -0.4 is 10.6 Å². The van der Waals surface area contributed by atoms with Crippen LogP contribution in [0, 0.1) is 0 Å². The van der Waals surface area contributed by atoms with E-state index >= 15 is 0 Å². The van der Waals surface area contributed by atoms with Crippen molar-refractivity contribution >= 4 is 18.3 Å². The van der Waals surface area contributed by atoms with Gasteiger partial charge in [0.2, 0.25) is 5.91 Å². The number of hydrogen-bond acceptors (Lipinski definition) is 3. The first-order chi connectivity index (χ1) is 8.16. The summed E-state index contributed by atoms with van der Waals surface area (Å²) in [5.74, 6) is 0.191. The smallest absolute Gasteiger partial charge is 0.240 e. The van der Waals surface area contributed by atoms with E-state index in [9.17, 15) is 4.79 Å². The summed E-state index contributed by atoms with van der Waals surface area (Å²) in [5.41, 5.74) is -0.304. The molecule has 0 radical (unpaired) electrons. The minimum Gasteiger partial charge on any atom is -0.378 e. The molecule has 106 valence electrons. The quantitative estimate of drug-likeness (QED) is 0.824. The van der Waals surface area contributed by atoms with Crippen LogP contribution in [0.5, 0.6) is 0 Å². The van der Waals surface area contributed by atoms with Crippen LogP contribution in [0.3, 0.4) is 0 Å². The molecule has 2 heterocycles. The molecule has 0 aromatic rings. The summed E-state index contributed by atoms with van der Waals surface area (Å²) in [6, 6.07) is 0.289. The molecule has 3 atom stereocenters. The van der Waals surface area contributed by atoms with Crippen LogP contribution in [0.25, 0.3) is 0 Å². The van der Waals surface area contributed by atoms with E-state index in [4.69, 9.17) is 4.74 Å². The lowest BCUT2D eigenvalue weighted by molar-refractivity contribution is -0.129. The number of rotatable bonds is 3. The van der Waals surface area contributed by atoms with Crippen molar-refractivity contribution in [1.82, 2.24) is 10.6 Å². The molecule has 1 amide bonds. The SMILES string of the molecule is CCC1(C(=O)NC2CCOC(C)C2)CCCN1.Cl. The van der Waals surface area contributed by atoms with E-state index < -0.39 is 0 Å². The average molecular weight is 277 g/mol. The van der Waals surface area contributed by atoms with Gasteiger partial charge in [0.15, 0.2) is 0 Å². The molecular formula is C13H25ClN2O2. The topological polar surface area (TPSA) is 50.4 Å². The zero-order chi connectivity index (χ0) is 12.3. The first kappa shape index (κ1) is 15.7. The second kappa shape index (κ2) is 6.73. The molecule has 0 saturated carbocycles. The molecule has 2 aliphatic heterocycles. The van der Waals surface area contributed by atoms with Crippen LogP contribution in [0.4, 0.5) is 0 Å². The van der Waals surface area contributed by atoms with Crippen molar-refractivity contribution in [3.63, 3.8) is 0 Å². The molecule has 0 aliphatic carbocycles. The van der Waals surface area contributed by atoms with Crippen LogP contribution in [0.2, 0.25) is 0 Å². The van der Waals surface area contributed by atoms with E-state index in [0.717, 1.165) is 45.3 Å². The molecule has 0 spiro atoms. The zero-order valence-electron chi connectivity index (χ0n) is 11.3. The minimum absolute atomic E-state index is 0. The van der Waals surface area contributed by atoms with Crippen molar-refractivity contribution in [2.24, 2.45) is 0 Å². The van der Waals surface area contributed by atoms with Crippen molar-refractivity contribution in [1.29, 1.82) is 0 Å². The summed E-state index contributed by atoms with van der Waals surface area (Å²) in [6.45, 7) is 5.89. The van der Waals surface area contributed by atoms with Gasteiger partial charge in [0.1, 0.15) is 0 Å². The maximum absolute atomic E-state index is 12.4. The maximum Gasteiger partial charge on any atom is 0.240 e. The van der Waals surface area contributed by atoms with E-state index in [-0.39, 0.29) is 36.0 Å². The van der Waals surface area contributed by atoms with E-state index in [1.165, 1.54) is 0 Å². The fraction of sp³-hybridized carbons (Fsp3) is 0.923. The number of carbonyl (C=O) groups is 1. The fourth-order valence-electron chi connectivity index (χ4n) is 2.92. The molecule has 2 saturated heterocycles. The molecule has 2 fully saturated rings. The van der Waals surface area contributed by atoms with Crippen molar-refractivity contribution in [3.05, 3.63) is 0 Å². The summed E-state index contributed by atoms with van der Waals surface area (Å²) < 4.78 is 5.50. The van der Waals surface area contributed by atoms with Gasteiger partial charge in [-0.05, 0) is 45.6 Å². The highest BCUT2D eigenvalue weighted by Gasteiger charge is 2.40. The lowest BCUT2D eigenvalue weighted by atomic mass is 9.92. The molecule has 2 aliphatic rings. The molecule has 4 nitrogen and oxygen atoms in total. The van der Waals surface area contributed by atoms with Gasteiger partial charge in [-0.3, -0.25) is 4.79 Å². The van der Waals surface area contributed by atoms with Crippen molar-refractivity contribution in [3.8, 4) is 0 Å².